The number of rotatable bonds is 11. The van der Waals surface area contributed by atoms with E-state index >= 15 is 0 Å². The highest BCUT2D eigenvalue weighted by molar-refractivity contribution is 4.74. The van der Waals surface area contributed by atoms with Crippen LogP contribution in [0.5, 0.6) is 0 Å². The highest BCUT2D eigenvalue weighted by atomic mass is 16.5. The first-order valence-electron chi connectivity index (χ1n) is 6.03. The molecular weight excluding hydrogens is 204 g/mol. The van der Waals surface area contributed by atoms with Gasteiger partial charge in [0.1, 0.15) is 0 Å². The van der Waals surface area contributed by atoms with Gasteiger partial charge >= 0.3 is 0 Å². The first kappa shape index (κ1) is 15.4. The Kier molecular flexibility index (Phi) is 12.0. The second-order valence-corrected chi connectivity index (χ2v) is 3.94. The maximum absolute atomic E-state index is 5.44. The average molecular weight is 230 g/mol. The van der Waals surface area contributed by atoms with Gasteiger partial charge in [0.2, 0.25) is 0 Å². The Hall–Kier alpha value is -0.580. The number of ether oxygens (including phenoxy) is 2. The first-order chi connectivity index (χ1) is 7.81. The van der Waals surface area contributed by atoms with Gasteiger partial charge in [0.25, 0.3) is 0 Å². The summed E-state index contributed by atoms with van der Waals surface area (Å²) in [7, 11) is 0. The summed E-state index contributed by atoms with van der Waals surface area (Å²) in [6.45, 7) is 5.92. The van der Waals surface area contributed by atoms with E-state index in [9.17, 15) is 0 Å². The second-order valence-electron chi connectivity index (χ2n) is 3.94. The Morgan fingerprint density at radius 1 is 1.12 bits per heavy atom. The standard InChI is InChI=1S/C12H26N2O2/c1-12(4-10-15-8-2-6-13)5-11-16-9-3-7-14/h2,6,12H,3-5,7-11,13-14H2,1H3. The van der Waals surface area contributed by atoms with Gasteiger partial charge in [-0.25, -0.2) is 0 Å². The lowest BCUT2D eigenvalue weighted by Crippen LogP contribution is -2.08. The summed E-state index contributed by atoms with van der Waals surface area (Å²) in [5.41, 5.74) is 10.6. The summed E-state index contributed by atoms with van der Waals surface area (Å²) in [5, 5.41) is 0. The van der Waals surface area contributed by atoms with Crippen molar-refractivity contribution in [1.29, 1.82) is 0 Å². The zero-order valence-electron chi connectivity index (χ0n) is 10.4. The fourth-order valence-electron chi connectivity index (χ4n) is 1.21. The van der Waals surface area contributed by atoms with Crippen molar-refractivity contribution >= 4 is 0 Å². The Bertz CT molecular complexity index is 163. The summed E-state index contributed by atoms with van der Waals surface area (Å²) in [5.74, 6) is 0.639. The van der Waals surface area contributed by atoms with Crippen molar-refractivity contribution in [1.82, 2.24) is 0 Å². The maximum Gasteiger partial charge on any atom is 0.0664 e. The van der Waals surface area contributed by atoms with Crippen LogP contribution in [0, 0.1) is 5.92 Å². The molecule has 0 heterocycles. The van der Waals surface area contributed by atoms with Gasteiger partial charge < -0.3 is 20.9 Å². The van der Waals surface area contributed by atoms with Crippen LogP contribution < -0.4 is 11.5 Å². The predicted molar refractivity (Wildman–Crippen MR) is 67.0 cm³/mol. The third kappa shape index (κ3) is 11.5. The minimum absolute atomic E-state index is 0.607. The van der Waals surface area contributed by atoms with Gasteiger partial charge in [-0.1, -0.05) is 6.92 Å². The zero-order valence-corrected chi connectivity index (χ0v) is 10.4. The highest BCUT2D eigenvalue weighted by Gasteiger charge is 2.01. The number of hydrogen-bond acceptors (Lipinski definition) is 4. The highest BCUT2D eigenvalue weighted by Crippen LogP contribution is 2.07. The molecule has 1 atom stereocenters. The normalized spacial score (nSPS) is 13.4. The molecule has 0 aromatic carbocycles. The van der Waals surface area contributed by atoms with Crippen molar-refractivity contribution in [3.05, 3.63) is 12.3 Å². The third-order valence-electron chi connectivity index (χ3n) is 2.35. The van der Waals surface area contributed by atoms with Crippen molar-refractivity contribution in [3.8, 4) is 0 Å². The number of nitrogens with two attached hydrogens (primary N) is 2. The van der Waals surface area contributed by atoms with Gasteiger partial charge in [-0.05, 0) is 44.0 Å². The lowest BCUT2D eigenvalue weighted by atomic mass is 10.1. The molecule has 0 spiro atoms. The van der Waals surface area contributed by atoms with Crippen LogP contribution in [0.4, 0.5) is 0 Å². The molecule has 0 saturated heterocycles. The molecule has 0 amide bonds. The quantitative estimate of drug-likeness (QED) is 0.524. The zero-order chi connectivity index (χ0) is 12.1. The molecule has 0 fully saturated rings. The predicted octanol–water partition coefficient (Wildman–Crippen LogP) is 1.26. The van der Waals surface area contributed by atoms with Gasteiger partial charge in [0.15, 0.2) is 0 Å². The van der Waals surface area contributed by atoms with E-state index in [2.05, 4.69) is 6.92 Å². The molecule has 0 bridgehead atoms. The number of hydrogen-bond donors (Lipinski definition) is 2. The minimum Gasteiger partial charge on any atom is -0.405 e. The molecule has 0 aromatic rings. The van der Waals surface area contributed by atoms with E-state index in [-0.39, 0.29) is 0 Å². The van der Waals surface area contributed by atoms with Crippen LogP contribution in [0.1, 0.15) is 26.2 Å². The smallest absolute Gasteiger partial charge is 0.0664 e. The van der Waals surface area contributed by atoms with Crippen molar-refractivity contribution in [2.75, 3.05) is 33.0 Å². The van der Waals surface area contributed by atoms with E-state index in [1.54, 1.807) is 6.08 Å². The molecule has 0 aliphatic heterocycles. The summed E-state index contributed by atoms with van der Waals surface area (Å²) in [6.07, 6.45) is 6.41. The molecule has 96 valence electrons. The van der Waals surface area contributed by atoms with Gasteiger partial charge in [0, 0.05) is 19.8 Å². The van der Waals surface area contributed by atoms with Crippen molar-refractivity contribution in [3.63, 3.8) is 0 Å². The molecular formula is C12H26N2O2. The van der Waals surface area contributed by atoms with Crippen LogP contribution in [-0.4, -0.2) is 33.0 Å². The van der Waals surface area contributed by atoms with Gasteiger partial charge in [0.05, 0.1) is 6.61 Å². The van der Waals surface area contributed by atoms with Gasteiger partial charge in [-0.2, -0.15) is 0 Å². The summed E-state index contributed by atoms with van der Waals surface area (Å²) in [4.78, 5) is 0. The fraction of sp³-hybridized carbons (Fsp3) is 0.833. The molecule has 16 heavy (non-hydrogen) atoms. The van der Waals surface area contributed by atoms with Gasteiger partial charge in [-0.3, -0.25) is 0 Å². The molecule has 0 rings (SSSR count). The van der Waals surface area contributed by atoms with E-state index in [4.69, 9.17) is 20.9 Å². The van der Waals surface area contributed by atoms with Crippen LogP contribution in [0.15, 0.2) is 12.3 Å². The van der Waals surface area contributed by atoms with Crippen molar-refractivity contribution in [2.24, 2.45) is 17.4 Å². The van der Waals surface area contributed by atoms with Crippen molar-refractivity contribution in [2.45, 2.75) is 26.2 Å². The van der Waals surface area contributed by atoms with E-state index in [0.717, 1.165) is 39.1 Å². The van der Waals surface area contributed by atoms with E-state index in [1.165, 1.54) is 6.20 Å². The minimum atomic E-state index is 0.607. The lowest BCUT2D eigenvalue weighted by Gasteiger charge is -2.11. The Labute approximate surface area is 99.0 Å². The van der Waals surface area contributed by atoms with Crippen LogP contribution in [0.2, 0.25) is 0 Å². The molecule has 0 aliphatic carbocycles. The average Bonchev–Trinajstić information content (AvgIpc) is 2.28. The van der Waals surface area contributed by atoms with Gasteiger partial charge in [-0.15, -0.1) is 0 Å². The van der Waals surface area contributed by atoms with E-state index < -0.39 is 0 Å². The molecule has 1 unspecified atom stereocenters. The van der Waals surface area contributed by atoms with Crippen LogP contribution in [0.25, 0.3) is 0 Å². The van der Waals surface area contributed by atoms with Crippen LogP contribution in [0.3, 0.4) is 0 Å². The Morgan fingerprint density at radius 2 is 1.81 bits per heavy atom. The second kappa shape index (κ2) is 12.5. The topological polar surface area (TPSA) is 70.5 Å². The molecule has 4 N–H and O–H groups in total. The summed E-state index contributed by atoms with van der Waals surface area (Å²) in [6, 6.07) is 0. The van der Waals surface area contributed by atoms with Crippen LogP contribution in [-0.2, 0) is 9.47 Å². The lowest BCUT2D eigenvalue weighted by molar-refractivity contribution is 0.107. The Morgan fingerprint density at radius 3 is 2.44 bits per heavy atom. The van der Waals surface area contributed by atoms with Crippen LogP contribution >= 0.6 is 0 Å². The van der Waals surface area contributed by atoms with E-state index in [0.29, 0.717) is 19.1 Å². The molecule has 4 heteroatoms. The van der Waals surface area contributed by atoms with E-state index in [1.807, 2.05) is 0 Å². The Balaban J connectivity index is 3.14. The maximum atomic E-state index is 5.44. The molecule has 4 nitrogen and oxygen atoms in total. The summed E-state index contributed by atoms with van der Waals surface area (Å²) < 4.78 is 10.8. The van der Waals surface area contributed by atoms with Crippen molar-refractivity contribution < 1.29 is 9.47 Å². The SMILES string of the molecule is CC(CCOCC=CN)CCOCCCN. The first-order valence-corrected chi connectivity index (χ1v) is 6.03. The molecule has 0 aromatic heterocycles. The molecule has 0 aliphatic rings. The largest absolute Gasteiger partial charge is 0.405 e. The fourth-order valence-corrected chi connectivity index (χ4v) is 1.21. The third-order valence-corrected chi connectivity index (χ3v) is 2.35. The summed E-state index contributed by atoms with van der Waals surface area (Å²) >= 11 is 0. The molecule has 0 radical (unpaired) electrons. The monoisotopic (exact) mass is 230 g/mol. The molecule has 0 saturated carbocycles.